The van der Waals surface area contributed by atoms with Crippen molar-refractivity contribution < 1.29 is 13.5 Å². The Kier molecular flexibility index (Phi) is 4.66. The maximum Gasteiger partial charge on any atom is 0.387 e. The number of halogens is 2. The SMILES string of the molecule is CC(C)(C)c1nsc(NCc2ccc(OC(F)F)cn2)n1. The smallest absolute Gasteiger partial charge is 0.387 e. The summed E-state index contributed by atoms with van der Waals surface area (Å²) >= 11 is 1.28. The first-order valence-corrected chi connectivity index (χ1v) is 7.10. The zero-order chi connectivity index (χ0) is 15.5. The number of nitrogens with zero attached hydrogens (tertiary/aromatic N) is 3. The summed E-state index contributed by atoms with van der Waals surface area (Å²) in [7, 11) is 0. The molecule has 5 nitrogen and oxygen atoms in total. The van der Waals surface area contributed by atoms with Crippen molar-refractivity contribution in [1.29, 1.82) is 0 Å². The quantitative estimate of drug-likeness (QED) is 0.916. The predicted octanol–water partition coefficient (Wildman–Crippen LogP) is 3.44. The third kappa shape index (κ3) is 4.59. The molecule has 0 fully saturated rings. The lowest BCUT2D eigenvalue weighted by atomic mass is 9.96. The van der Waals surface area contributed by atoms with Gasteiger partial charge in [-0.05, 0) is 12.1 Å². The van der Waals surface area contributed by atoms with Gasteiger partial charge in [-0.3, -0.25) is 4.98 Å². The molecule has 0 spiro atoms. The van der Waals surface area contributed by atoms with E-state index < -0.39 is 6.61 Å². The summed E-state index contributed by atoms with van der Waals surface area (Å²) in [6.07, 6.45) is 1.27. The van der Waals surface area contributed by atoms with Gasteiger partial charge < -0.3 is 10.1 Å². The first-order chi connectivity index (χ1) is 9.84. The van der Waals surface area contributed by atoms with Crippen LogP contribution < -0.4 is 10.1 Å². The van der Waals surface area contributed by atoms with Gasteiger partial charge in [-0.1, -0.05) is 20.8 Å². The van der Waals surface area contributed by atoms with Gasteiger partial charge >= 0.3 is 6.61 Å². The van der Waals surface area contributed by atoms with E-state index in [-0.39, 0.29) is 11.2 Å². The van der Waals surface area contributed by atoms with Crippen LogP contribution in [0, 0.1) is 0 Å². The lowest BCUT2D eigenvalue weighted by Gasteiger charge is -2.12. The molecule has 8 heteroatoms. The number of hydrogen-bond donors (Lipinski definition) is 1. The second-order valence-electron chi connectivity index (χ2n) is 5.39. The standard InChI is InChI=1S/C13H16F2N4OS/c1-13(2,3)10-18-12(21-19-10)17-6-8-4-5-9(7-16-8)20-11(14)15/h4-5,7,11H,6H2,1-3H3,(H,17,18,19). The molecule has 2 heterocycles. The highest BCUT2D eigenvalue weighted by Gasteiger charge is 2.19. The van der Waals surface area contributed by atoms with Crippen molar-refractivity contribution in [1.82, 2.24) is 14.3 Å². The maximum atomic E-state index is 12.0. The fourth-order valence-electron chi connectivity index (χ4n) is 1.45. The summed E-state index contributed by atoms with van der Waals surface area (Å²) in [4.78, 5) is 8.44. The van der Waals surface area contributed by atoms with Crippen LogP contribution >= 0.6 is 11.5 Å². The Morgan fingerprint density at radius 1 is 1.33 bits per heavy atom. The lowest BCUT2D eigenvalue weighted by Crippen LogP contribution is -2.13. The predicted molar refractivity (Wildman–Crippen MR) is 76.8 cm³/mol. The van der Waals surface area contributed by atoms with Crippen LogP contribution in [-0.2, 0) is 12.0 Å². The fraction of sp³-hybridized carbons (Fsp3) is 0.462. The minimum absolute atomic E-state index is 0.0414. The third-order valence-electron chi connectivity index (χ3n) is 2.54. The summed E-state index contributed by atoms with van der Waals surface area (Å²) in [6, 6.07) is 3.08. The van der Waals surface area contributed by atoms with Gasteiger partial charge in [-0.15, -0.1) is 0 Å². The zero-order valence-electron chi connectivity index (χ0n) is 11.9. The molecule has 2 aromatic heterocycles. The second-order valence-corrected chi connectivity index (χ2v) is 6.14. The van der Waals surface area contributed by atoms with Crippen molar-refractivity contribution in [3.63, 3.8) is 0 Å². The Hall–Kier alpha value is -1.83. The molecule has 21 heavy (non-hydrogen) atoms. The second kappa shape index (κ2) is 6.30. The number of alkyl halides is 2. The monoisotopic (exact) mass is 314 g/mol. The molecule has 0 aliphatic heterocycles. The molecule has 0 aliphatic rings. The molecule has 0 aromatic carbocycles. The van der Waals surface area contributed by atoms with Gasteiger partial charge in [0, 0.05) is 16.9 Å². The van der Waals surface area contributed by atoms with Crippen LogP contribution in [0.15, 0.2) is 18.3 Å². The maximum absolute atomic E-state index is 12.0. The Balaban J connectivity index is 1.92. The molecule has 0 unspecified atom stereocenters. The van der Waals surface area contributed by atoms with Crippen molar-refractivity contribution in [2.75, 3.05) is 5.32 Å². The van der Waals surface area contributed by atoms with Crippen LogP contribution in [0.25, 0.3) is 0 Å². The lowest BCUT2D eigenvalue weighted by molar-refractivity contribution is -0.0500. The van der Waals surface area contributed by atoms with Crippen LogP contribution in [0.5, 0.6) is 5.75 Å². The minimum atomic E-state index is -2.84. The molecular weight excluding hydrogens is 298 g/mol. The van der Waals surface area contributed by atoms with E-state index in [0.29, 0.717) is 17.4 Å². The first-order valence-electron chi connectivity index (χ1n) is 6.32. The van der Waals surface area contributed by atoms with E-state index in [9.17, 15) is 8.78 Å². The average Bonchev–Trinajstić information content (AvgIpc) is 2.86. The van der Waals surface area contributed by atoms with E-state index in [4.69, 9.17) is 0 Å². The van der Waals surface area contributed by atoms with Crippen LogP contribution in [0.3, 0.4) is 0 Å². The summed E-state index contributed by atoms with van der Waals surface area (Å²) < 4.78 is 32.6. The Labute approximate surface area is 125 Å². The molecule has 114 valence electrons. The summed E-state index contributed by atoms with van der Waals surface area (Å²) in [5.74, 6) is 0.823. The van der Waals surface area contributed by atoms with E-state index >= 15 is 0 Å². The zero-order valence-corrected chi connectivity index (χ0v) is 12.7. The molecule has 2 rings (SSSR count). The number of nitrogens with one attached hydrogen (secondary N) is 1. The molecule has 0 aliphatic carbocycles. The van der Waals surface area contributed by atoms with Crippen LogP contribution in [0.1, 0.15) is 32.3 Å². The first kappa shape index (κ1) is 15.6. The van der Waals surface area contributed by atoms with Gasteiger partial charge in [0.25, 0.3) is 0 Å². The van der Waals surface area contributed by atoms with Crippen molar-refractivity contribution in [3.8, 4) is 5.75 Å². The highest BCUT2D eigenvalue weighted by molar-refractivity contribution is 7.09. The van der Waals surface area contributed by atoms with Crippen molar-refractivity contribution in [2.24, 2.45) is 0 Å². The number of hydrogen-bond acceptors (Lipinski definition) is 6. The highest BCUT2D eigenvalue weighted by Crippen LogP contribution is 2.23. The van der Waals surface area contributed by atoms with Crippen molar-refractivity contribution in [2.45, 2.75) is 39.3 Å². The van der Waals surface area contributed by atoms with Gasteiger partial charge in [0.1, 0.15) is 11.6 Å². The molecule has 0 saturated carbocycles. The van der Waals surface area contributed by atoms with Gasteiger partial charge in [-0.2, -0.15) is 13.2 Å². The van der Waals surface area contributed by atoms with Crippen molar-refractivity contribution >= 4 is 16.7 Å². The fourth-order valence-corrected chi connectivity index (χ4v) is 2.21. The molecule has 0 amide bonds. The number of pyridine rings is 1. The number of anilines is 1. The van der Waals surface area contributed by atoms with E-state index in [1.165, 1.54) is 23.8 Å². The summed E-state index contributed by atoms with van der Waals surface area (Å²) in [5, 5.41) is 3.81. The van der Waals surface area contributed by atoms with E-state index in [1.807, 2.05) is 20.8 Å². The van der Waals surface area contributed by atoms with Crippen LogP contribution in [0.4, 0.5) is 13.9 Å². The van der Waals surface area contributed by atoms with Gasteiger partial charge in [0.2, 0.25) is 5.13 Å². The average molecular weight is 314 g/mol. The topological polar surface area (TPSA) is 59.9 Å². The van der Waals surface area contributed by atoms with Crippen LogP contribution in [0.2, 0.25) is 0 Å². The molecule has 0 atom stereocenters. The molecule has 0 radical (unpaired) electrons. The molecular formula is C13H16F2N4OS. The van der Waals surface area contributed by atoms with Gasteiger partial charge in [0.05, 0.1) is 18.4 Å². The van der Waals surface area contributed by atoms with Gasteiger partial charge in [0.15, 0.2) is 0 Å². The Morgan fingerprint density at radius 3 is 2.62 bits per heavy atom. The molecule has 0 saturated heterocycles. The van der Waals surface area contributed by atoms with E-state index in [0.717, 1.165) is 5.82 Å². The highest BCUT2D eigenvalue weighted by atomic mass is 32.1. The van der Waals surface area contributed by atoms with Gasteiger partial charge in [-0.25, -0.2) is 4.98 Å². The Morgan fingerprint density at radius 2 is 2.10 bits per heavy atom. The molecule has 2 aromatic rings. The third-order valence-corrected chi connectivity index (χ3v) is 3.21. The van der Waals surface area contributed by atoms with Crippen LogP contribution in [-0.4, -0.2) is 21.0 Å². The molecule has 1 N–H and O–H groups in total. The van der Waals surface area contributed by atoms with Crippen molar-refractivity contribution in [3.05, 3.63) is 29.8 Å². The number of rotatable bonds is 5. The normalized spacial score (nSPS) is 11.7. The largest absolute Gasteiger partial charge is 0.433 e. The number of ether oxygens (including phenoxy) is 1. The Bertz CT molecular complexity index is 581. The van der Waals surface area contributed by atoms with E-state index in [1.54, 1.807) is 6.07 Å². The minimum Gasteiger partial charge on any atom is -0.433 e. The number of aromatic nitrogens is 3. The van der Waals surface area contributed by atoms with E-state index in [2.05, 4.69) is 24.4 Å². The summed E-state index contributed by atoms with van der Waals surface area (Å²) in [5.41, 5.74) is 0.604. The molecule has 0 bridgehead atoms. The summed E-state index contributed by atoms with van der Waals surface area (Å²) in [6.45, 7) is 3.73.